The van der Waals surface area contributed by atoms with Gasteiger partial charge in [0.2, 0.25) is 0 Å². The van der Waals surface area contributed by atoms with Crippen LogP contribution in [-0.2, 0) is 0 Å². The highest BCUT2D eigenvalue weighted by Gasteiger charge is 2.42. The summed E-state index contributed by atoms with van der Waals surface area (Å²) in [6.45, 7) is 4.71. The summed E-state index contributed by atoms with van der Waals surface area (Å²) in [5.41, 5.74) is 5.14. The molecule has 1 aliphatic rings. The minimum absolute atomic E-state index is 1.08. The average molecular weight is 315 g/mol. The predicted molar refractivity (Wildman–Crippen MR) is 101 cm³/mol. The monoisotopic (exact) mass is 315 g/mol. The molecule has 114 valence electrons. The molecule has 0 N–H and O–H groups in total. The van der Waals surface area contributed by atoms with Crippen LogP contribution in [0.3, 0.4) is 0 Å². The molecule has 2 aromatic carbocycles. The molecule has 2 heterocycles. The molecule has 4 rings (SSSR count). The molecule has 1 aromatic heterocycles. The van der Waals surface area contributed by atoms with Crippen LogP contribution in [0.1, 0.15) is 13.8 Å². The van der Waals surface area contributed by atoms with Gasteiger partial charge in [0.1, 0.15) is 8.07 Å². The lowest BCUT2D eigenvalue weighted by Gasteiger charge is -2.26. The Morgan fingerprint density at radius 1 is 0.783 bits per heavy atom. The molecule has 1 nitrogen and oxygen atoms in total. The molecule has 0 saturated heterocycles. The third-order valence-electron chi connectivity index (χ3n) is 5.43. The molecule has 0 fully saturated rings. The van der Waals surface area contributed by atoms with E-state index in [0.717, 1.165) is 5.69 Å². The summed E-state index contributed by atoms with van der Waals surface area (Å²) < 4.78 is 0. The zero-order valence-corrected chi connectivity index (χ0v) is 14.7. The largest absolute Gasteiger partial charge is 0.256 e. The molecule has 0 unspecified atom stereocenters. The second-order valence-corrected chi connectivity index (χ2v) is 11.0. The van der Waals surface area contributed by atoms with Crippen LogP contribution < -0.4 is 10.4 Å². The Labute approximate surface area is 139 Å². The van der Waals surface area contributed by atoms with Gasteiger partial charge in [0, 0.05) is 11.8 Å². The van der Waals surface area contributed by atoms with Crippen LogP contribution in [-0.4, -0.2) is 13.1 Å². The van der Waals surface area contributed by atoms with Crippen molar-refractivity contribution in [2.45, 2.75) is 25.9 Å². The standard InChI is InChI=1S/C21H21NSi/c1-3-23(4-2)20-13-9-8-12-17(20)18-14-19(22-15-21(18)23)16-10-6-5-7-11-16/h5-15H,3-4H2,1-2H3. The quantitative estimate of drug-likeness (QED) is 0.656. The SMILES string of the molecule is CC[Si]1(CC)c2ccccc2-c2cc(-c3ccccc3)ncc21. The Kier molecular flexibility index (Phi) is 3.42. The van der Waals surface area contributed by atoms with Gasteiger partial charge >= 0.3 is 0 Å². The van der Waals surface area contributed by atoms with Gasteiger partial charge in [-0.25, -0.2) is 0 Å². The van der Waals surface area contributed by atoms with Crippen molar-refractivity contribution in [2.75, 3.05) is 0 Å². The average Bonchev–Trinajstić information content (AvgIpc) is 2.92. The maximum atomic E-state index is 4.83. The number of benzene rings is 2. The van der Waals surface area contributed by atoms with Gasteiger partial charge in [0.05, 0.1) is 5.69 Å². The van der Waals surface area contributed by atoms with Crippen molar-refractivity contribution in [1.82, 2.24) is 4.98 Å². The van der Waals surface area contributed by atoms with Gasteiger partial charge in [-0.05, 0) is 27.6 Å². The van der Waals surface area contributed by atoms with Crippen LogP contribution in [0.15, 0.2) is 66.9 Å². The van der Waals surface area contributed by atoms with Gasteiger partial charge in [-0.15, -0.1) is 0 Å². The first kappa shape index (κ1) is 14.4. The molecule has 0 amide bonds. The van der Waals surface area contributed by atoms with Crippen molar-refractivity contribution >= 4 is 18.4 Å². The number of rotatable bonds is 3. The van der Waals surface area contributed by atoms with Gasteiger partial charge in [0.25, 0.3) is 0 Å². The summed E-state index contributed by atoms with van der Waals surface area (Å²) in [6, 6.07) is 24.3. The summed E-state index contributed by atoms with van der Waals surface area (Å²) in [6.07, 6.45) is 2.18. The first-order chi connectivity index (χ1) is 11.3. The van der Waals surface area contributed by atoms with Crippen molar-refractivity contribution < 1.29 is 0 Å². The normalized spacial score (nSPS) is 14.3. The molecule has 1 aliphatic heterocycles. The fraction of sp³-hybridized carbons (Fsp3) is 0.190. The maximum Gasteiger partial charge on any atom is 0.121 e. The van der Waals surface area contributed by atoms with E-state index in [1.165, 1.54) is 34.0 Å². The fourth-order valence-corrected chi connectivity index (χ4v) is 8.62. The van der Waals surface area contributed by atoms with Crippen molar-refractivity contribution in [3.63, 3.8) is 0 Å². The van der Waals surface area contributed by atoms with Gasteiger partial charge < -0.3 is 0 Å². The lowest BCUT2D eigenvalue weighted by atomic mass is 10.0. The number of nitrogens with zero attached hydrogens (tertiary/aromatic N) is 1. The van der Waals surface area contributed by atoms with E-state index in [4.69, 9.17) is 4.98 Å². The summed E-state index contributed by atoms with van der Waals surface area (Å²) in [5, 5.41) is 3.13. The number of hydrogen-bond donors (Lipinski definition) is 0. The first-order valence-electron chi connectivity index (χ1n) is 8.46. The van der Waals surface area contributed by atoms with Crippen molar-refractivity contribution in [1.29, 1.82) is 0 Å². The van der Waals surface area contributed by atoms with Crippen LogP contribution in [0, 0.1) is 0 Å². The molecular formula is C21H21NSi. The smallest absolute Gasteiger partial charge is 0.121 e. The fourth-order valence-electron chi connectivity index (χ4n) is 4.12. The van der Waals surface area contributed by atoms with Crippen LogP contribution in [0.25, 0.3) is 22.4 Å². The van der Waals surface area contributed by atoms with Crippen LogP contribution >= 0.6 is 0 Å². The summed E-state index contributed by atoms with van der Waals surface area (Å²) in [5.74, 6) is 0. The third kappa shape index (κ3) is 2.02. The number of aromatic nitrogens is 1. The molecule has 0 saturated carbocycles. The van der Waals surface area contributed by atoms with Gasteiger partial charge in [-0.2, -0.15) is 0 Å². The van der Waals surface area contributed by atoms with E-state index in [-0.39, 0.29) is 0 Å². The van der Waals surface area contributed by atoms with Crippen molar-refractivity contribution in [2.24, 2.45) is 0 Å². The van der Waals surface area contributed by atoms with Crippen molar-refractivity contribution in [3.8, 4) is 22.4 Å². The Morgan fingerprint density at radius 3 is 2.22 bits per heavy atom. The molecule has 2 heteroatoms. The molecule has 0 aliphatic carbocycles. The summed E-state index contributed by atoms with van der Waals surface area (Å²) in [7, 11) is -1.61. The van der Waals surface area contributed by atoms with E-state index in [9.17, 15) is 0 Å². The second-order valence-electron chi connectivity index (χ2n) is 6.32. The molecule has 0 spiro atoms. The van der Waals surface area contributed by atoms with E-state index in [0.29, 0.717) is 0 Å². The number of fused-ring (bicyclic) bond motifs is 3. The van der Waals surface area contributed by atoms with E-state index >= 15 is 0 Å². The minimum Gasteiger partial charge on any atom is -0.256 e. The minimum atomic E-state index is -1.61. The third-order valence-corrected chi connectivity index (χ3v) is 10.7. The van der Waals surface area contributed by atoms with E-state index < -0.39 is 8.07 Å². The highest BCUT2D eigenvalue weighted by atomic mass is 28.3. The van der Waals surface area contributed by atoms with Crippen LogP contribution in [0.2, 0.25) is 12.1 Å². The Morgan fingerprint density at radius 2 is 1.48 bits per heavy atom. The molecule has 23 heavy (non-hydrogen) atoms. The van der Waals surface area contributed by atoms with E-state index in [1.54, 1.807) is 5.19 Å². The van der Waals surface area contributed by atoms with Gasteiger partial charge in [-0.1, -0.05) is 80.5 Å². The molecular weight excluding hydrogens is 294 g/mol. The van der Waals surface area contributed by atoms with Crippen LogP contribution in [0.5, 0.6) is 0 Å². The first-order valence-corrected chi connectivity index (χ1v) is 10.9. The number of pyridine rings is 1. The van der Waals surface area contributed by atoms with E-state index in [1.807, 2.05) is 0 Å². The van der Waals surface area contributed by atoms with Gasteiger partial charge in [-0.3, -0.25) is 4.98 Å². The Balaban J connectivity index is 1.97. The summed E-state index contributed by atoms with van der Waals surface area (Å²) >= 11 is 0. The van der Waals surface area contributed by atoms with Crippen molar-refractivity contribution in [3.05, 3.63) is 66.9 Å². The zero-order chi connectivity index (χ0) is 15.9. The molecule has 0 bridgehead atoms. The second kappa shape index (κ2) is 5.46. The topological polar surface area (TPSA) is 12.9 Å². The van der Waals surface area contributed by atoms with E-state index in [2.05, 4.69) is 80.7 Å². The van der Waals surface area contributed by atoms with Crippen LogP contribution in [0.4, 0.5) is 0 Å². The molecule has 3 aromatic rings. The number of hydrogen-bond acceptors (Lipinski definition) is 1. The predicted octanol–water partition coefficient (Wildman–Crippen LogP) is 4.33. The van der Waals surface area contributed by atoms with Gasteiger partial charge in [0.15, 0.2) is 0 Å². The Bertz CT molecular complexity index is 851. The molecule has 0 atom stereocenters. The highest BCUT2D eigenvalue weighted by Crippen LogP contribution is 2.33. The maximum absolute atomic E-state index is 4.83. The lowest BCUT2D eigenvalue weighted by molar-refractivity contribution is 1.28. The highest BCUT2D eigenvalue weighted by molar-refractivity contribution is 7.05. The Hall–Kier alpha value is -2.19. The summed E-state index contributed by atoms with van der Waals surface area (Å²) in [4.78, 5) is 4.83. The zero-order valence-electron chi connectivity index (χ0n) is 13.7. The lowest BCUT2D eigenvalue weighted by Crippen LogP contribution is -2.54. The molecule has 0 radical (unpaired) electrons.